The van der Waals surface area contributed by atoms with E-state index in [0.29, 0.717) is 27.5 Å². The molecule has 0 atom stereocenters. The predicted octanol–water partition coefficient (Wildman–Crippen LogP) is 3.19. The molecule has 0 saturated heterocycles. The van der Waals surface area contributed by atoms with E-state index < -0.39 is 0 Å². The van der Waals surface area contributed by atoms with E-state index in [2.05, 4.69) is 16.0 Å². The zero-order valence-electron chi connectivity index (χ0n) is 13.5. The van der Waals surface area contributed by atoms with Crippen LogP contribution in [0.4, 0.5) is 5.69 Å². The molecule has 6 heteroatoms. The van der Waals surface area contributed by atoms with E-state index in [1.807, 2.05) is 30.0 Å². The number of aromatic amines is 1. The first-order valence-electron chi connectivity index (χ1n) is 7.96. The Morgan fingerprint density at radius 2 is 2.08 bits per heavy atom. The fourth-order valence-corrected chi connectivity index (χ4v) is 4.50. The zero-order valence-corrected chi connectivity index (χ0v) is 14.4. The van der Waals surface area contributed by atoms with Crippen LogP contribution in [0.25, 0.3) is 10.2 Å². The Kier molecular flexibility index (Phi) is 3.49. The number of fused-ring (bicyclic) bond motifs is 2. The van der Waals surface area contributed by atoms with Crippen LogP contribution in [0, 0.1) is 13.8 Å². The molecule has 1 amide bonds. The van der Waals surface area contributed by atoms with Crippen molar-refractivity contribution in [2.24, 2.45) is 0 Å². The van der Waals surface area contributed by atoms with Gasteiger partial charge in [0, 0.05) is 12.2 Å². The summed E-state index contributed by atoms with van der Waals surface area (Å²) in [5, 5.41) is 0.527. The van der Waals surface area contributed by atoms with Crippen LogP contribution < -0.4 is 10.5 Å². The number of benzene rings is 1. The number of carbonyl (C=O) groups is 1. The Morgan fingerprint density at radius 3 is 2.92 bits per heavy atom. The summed E-state index contributed by atoms with van der Waals surface area (Å²) < 4.78 is 0. The Balaban J connectivity index is 1.84. The second-order valence-corrected chi connectivity index (χ2v) is 7.08. The predicted molar refractivity (Wildman–Crippen MR) is 96.2 cm³/mol. The number of nitrogens with one attached hydrogen (secondary N) is 1. The van der Waals surface area contributed by atoms with Gasteiger partial charge in [0.2, 0.25) is 0 Å². The van der Waals surface area contributed by atoms with Gasteiger partial charge in [0.1, 0.15) is 10.7 Å². The van der Waals surface area contributed by atoms with Crippen molar-refractivity contribution >= 4 is 33.1 Å². The van der Waals surface area contributed by atoms with E-state index in [4.69, 9.17) is 0 Å². The second kappa shape index (κ2) is 5.56. The van der Waals surface area contributed by atoms with Gasteiger partial charge in [-0.15, -0.1) is 11.3 Å². The van der Waals surface area contributed by atoms with Crippen molar-refractivity contribution in [1.82, 2.24) is 9.97 Å². The molecule has 1 aliphatic heterocycles. The highest BCUT2D eigenvalue weighted by molar-refractivity contribution is 7.20. The molecular formula is C18H17N3O2S. The Hall–Kier alpha value is -2.47. The third-order valence-electron chi connectivity index (χ3n) is 4.47. The summed E-state index contributed by atoms with van der Waals surface area (Å²) in [7, 11) is 0. The van der Waals surface area contributed by atoms with E-state index >= 15 is 0 Å². The minimum absolute atomic E-state index is 0.0419. The van der Waals surface area contributed by atoms with Gasteiger partial charge in [-0.3, -0.25) is 9.59 Å². The normalized spacial score (nSPS) is 14.0. The number of H-pyrrole nitrogens is 1. The topological polar surface area (TPSA) is 66.1 Å². The third-order valence-corrected chi connectivity index (χ3v) is 5.64. The SMILES string of the molecule is Cc1nc2sc(C(=O)N3CCCc4ccccc43)c(C)c2c(=O)[nH]1. The molecule has 122 valence electrons. The molecule has 5 nitrogen and oxygen atoms in total. The third kappa shape index (κ3) is 2.26. The number of para-hydroxylation sites is 1. The lowest BCUT2D eigenvalue weighted by Crippen LogP contribution is -2.35. The van der Waals surface area contributed by atoms with E-state index in [1.54, 1.807) is 6.92 Å². The van der Waals surface area contributed by atoms with Crippen LogP contribution >= 0.6 is 11.3 Å². The van der Waals surface area contributed by atoms with Crippen molar-refractivity contribution in [3.05, 3.63) is 56.4 Å². The molecule has 3 aromatic rings. The molecule has 0 radical (unpaired) electrons. The molecule has 0 aliphatic carbocycles. The van der Waals surface area contributed by atoms with E-state index in [9.17, 15) is 9.59 Å². The number of nitrogens with zero attached hydrogens (tertiary/aromatic N) is 2. The summed E-state index contributed by atoms with van der Waals surface area (Å²) in [5.41, 5.74) is 2.72. The molecule has 0 bridgehead atoms. The largest absolute Gasteiger partial charge is 0.310 e. The molecule has 3 heterocycles. The summed E-state index contributed by atoms with van der Waals surface area (Å²) in [4.78, 5) is 35.5. The number of thiophene rings is 1. The van der Waals surface area contributed by atoms with Crippen molar-refractivity contribution in [3.8, 4) is 0 Å². The highest BCUT2D eigenvalue weighted by Crippen LogP contribution is 2.32. The van der Waals surface area contributed by atoms with E-state index in [1.165, 1.54) is 16.9 Å². The number of aromatic nitrogens is 2. The van der Waals surface area contributed by atoms with Gasteiger partial charge < -0.3 is 9.88 Å². The lowest BCUT2D eigenvalue weighted by atomic mass is 10.0. The molecule has 0 fully saturated rings. The monoisotopic (exact) mass is 339 g/mol. The number of hydrogen-bond acceptors (Lipinski definition) is 4. The number of hydrogen-bond donors (Lipinski definition) is 1. The molecule has 1 aliphatic rings. The maximum absolute atomic E-state index is 13.1. The summed E-state index contributed by atoms with van der Waals surface area (Å²) >= 11 is 1.31. The average Bonchev–Trinajstić information content (AvgIpc) is 2.90. The van der Waals surface area contributed by atoms with Crippen molar-refractivity contribution in [2.75, 3.05) is 11.4 Å². The maximum Gasteiger partial charge on any atom is 0.268 e. The summed E-state index contributed by atoms with van der Waals surface area (Å²) in [6, 6.07) is 8.02. The first kappa shape index (κ1) is 15.1. The quantitative estimate of drug-likeness (QED) is 0.740. The van der Waals surface area contributed by atoms with Gasteiger partial charge in [-0.25, -0.2) is 4.98 Å². The van der Waals surface area contributed by atoms with Gasteiger partial charge in [0.15, 0.2) is 0 Å². The molecule has 0 unspecified atom stereocenters. The summed E-state index contributed by atoms with van der Waals surface area (Å²) in [5.74, 6) is 0.524. The van der Waals surface area contributed by atoms with Crippen LogP contribution in [-0.2, 0) is 6.42 Å². The molecule has 1 aromatic carbocycles. The standard InChI is InChI=1S/C18H17N3O2S/c1-10-14-16(22)19-11(2)20-17(14)24-15(10)18(23)21-9-5-7-12-6-3-4-8-13(12)21/h3-4,6,8H,5,7,9H2,1-2H3,(H,19,20,22). The Morgan fingerprint density at radius 1 is 1.29 bits per heavy atom. The van der Waals surface area contributed by atoms with Gasteiger partial charge in [-0.2, -0.15) is 0 Å². The molecule has 24 heavy (non-hydrogen) atoms. The first-order chi connectivity index (χ1) is 11.6. The highest BCUT2D eigenvalue weighted by Gasteiger charge is 2.27. The van der Waals surface area contributed by atoms with Gasteiger partial charge >= 0.3 is 0 Å². The lowest BCUT2D eigenvalue weighted by molar-refractivity contribution is 0.0988. The summed E-state index contributed by atoms with van der Waals surface area (Å²) in [6.07, 6.45) is 1.94. The molecule has 4 rings (SSSR count). The van der Waals surface area contributed by atoms with Crippen LogP contribution in [0.1, 0.15) is 33.0 Å². The number of amides is 1. The smallest absolute Gasteiger partial charge is 0.268 e. The molecule has 2 aromatic heterocycles. The highest BCUT2D eigenvalue weighted by atomic mass is 32.1. The minimum atomic E-state index is -0.177. The van der Waals surface area contributed by atoms with Crippen LogP contribution in [-0.4, -0.2) is 22.4 Å². The zero-order chi connectivity index (χ0) is 16.8. The van der Waals surface area contributed by atoms with E-state index in [0.717, 1.165) is 24.1 Å². The van der Waals surface area contributed by atoms with Gasteiger partial charge in [0.25, 0.3) is 11.5 Å². The number of carbonyl (C=O) groups excluding carboxylic acids is 1. The first-order valence-corrected chi connectivity index (χ1v) is 8.77. The van der Waals surface area contributed by atoms with Crippen LogP contribution in [0.2, 0.25) is 0 Å². The van der Waals surface area contributed by atoms with Crippen LogP contribution in [0.3, 0.4) is 0 Å². The van der Waals surface area contributed by atoms with E-state index in [-0.39, 0.29) is 11.5 Å². The lowest BCUT2D eigenvalue weighted by Gasteiger charge is -2.29. The minimum Gasteiger partial charge on any atom is -0.310 e. The van der Waals surface area contributed by atoms with Crippen LogP contribution in [0.5, 0.6) is 0 Å². The number of rotatable bonds is 1. The number of aryl methyl sites for hydroxylation is 3. The van der Waals surface area contributed by atoms with Crippen molar-refractivity contribution in [3.63, 3.8) is 0 Å². The Labute approximate surface area is 143 Å². The summed E-state index contributed by atoms with van der Waals surface area (Å²) in [6.45, 7) is 4.28. The van der Waals surface area contributed by atoms with Crippen molar-refractivity contribution in [2.45, 2.75) is 26.7 Å². The van der Waals surface area contributed by atoms with Crippen molar-refractivity contribution < 1.29 is 4.79 Å². The fourth-order valence-electron chi connectivity index (χ4n) is 3.32. The molecule has 1 N–H and O–H groups in total. The van der Waals surface area contributed by atoms with Gasteiger partial charge in [-0.05, 0) is 43.9 Å². The number of anilines is 1. The average molecular weight is 339 g/mol. The Bertz CT molecular complexity index is 1020. The molecule has 0 saturated carbocycles. The van der Waals surface area contributed by atoms with Crippen LogP contribution in [0.15, 0.2) is 29.1 Å². The molecular weight excluding hydrogens is 322 g/mol. The molecule has 0 spiro atoms. The van der Waals surface area contributed by atoms with Gasteiger partial charge in [-0.1, -0.05) is 18.2 Å². The van der Waals surface area contributed by atoms with Crippen molar-refractivity contribution in [1.29, 1.82) is 0 Å². The second-order valence-electron chi connectivity index (χ2n) is 6.08. The maximum atomic E-state index is 13.1. The van der Waals surface area contributed by atoms with Gasteiger partial charge in [0.05, 0.1) is 10.3 Å². The fraction of sp³-hybridized carbons (Fsp3) is 0.278.